The van der Waals surface area contributed by atoms with E-state index >= 15 is 0 Å². The van der Waals surface area contributed by atoms with Gasteiger partial charge in [-0.3, -0.25) is 9.52 Å². The average molecular weight is 346 g/mol. The van der Waals surface area contributed by atoms with Gasteiger partial charge < -0.3 is 5.32 Å². The second kappa shape index (κ2) is 7.05. The van der Waals surface area contributed by atoms with Gasteiger partial charge in [0.15, 0.2) is 0 Å². The van der Waals surface area contributed by atoms with Crippen molar-refractivity contribution in [3.05, 3.63) is 64.7 Å². The number of benzene rings is 2. The van der Waals surface area contributed by atoms with Crippen LogP contribution in [0.4, 0.5) is 5.69 Å². The van der Waals surface area contributed by atoms with Crippen LogP contribution in [0.15, 0.2) is 42.5 Å². The molecule has 2 N–H and O–H groups in total. The van der Waals surface area contributed by atoms with Gasteiger partial charge in [-0.25, -0.2) is 8.42 Å². The van der Waals surface area contributed by atoms with Crippen molar-refractivity contribution in [3.63, 3.8) is 0 Å². The summed E-state index contributed by atoms with van der Waals surface area (Å²) in [6.45, 7) is 5.96. The second-order valence-corrected chi connectivity index (χ2v) is 7.71. The first-order valence-corrected chi connectivity index (χ1v) is 9.51. The van der Waals surface area contributed by atoms with Crippen molar-refractivity contribution in [2.75, 3.05) is 11.0 Å². The lowest BCUT2D eigenvalue weighted by molar-refractivity contribution is 0.0941. The number of nitrogens with one attached hydrogen (secondary N) is 2. The average Bonchev–Trinajstić information content (AvgIpc) is 2.48. The van der Waals surface area contributed by atoms with Crippen LogP contribution >= 0.6 is 0 Å². The zero-order valence-corrected chi connectivity index (χ0v) is 15.1. The molecule has 0 unspecified atom stereocenters. The van der Waals surface area contributed by atoms with Crippen LogP contribution in [0.5, 0.6) is 0 Å². The number of rotatable bonds is 5. The molecule has 0 aliphatic rings. The highest BCUT2D eigenvalue weighted by molar-refractivity contribution is 7.92. The summed E-state index contributed by atoms with van der Waals surface area (Å²) in [4.78, 5) is 12.5. The van der Waals surface area contributed by atoms with Crippen molar-refractivity contribution < 1.29 is 13.2 Å². The maximum atomic E-state index is 12.5. The van der Waals surface area contributed by atoms with Gasteiger partial charge in [0.1, 0.15) is 0 Å². The van der Waals surface area contributed by atoms with Crippen LogP contribution in [-0.4, -0.2) is 20.6 Å². The molecule has 2 aromatic carbocycles. The molecule has 0 fully saturated rings. The molecule has 0 heterocycles. The van der Waals surface area contributed by atoms with Crippen LogP contribution in [0.25, 0.3) is 0 Å². The highest BCUT2D eigenvalue weighted by atomic mass is 32.2. The fourth-order valence-electron chi connectivity index (χ4n) is 2.36. The van der Waals surface area contributed by atoms with E-state index in [1.165, 1.54) is 5.56 Å². The van der Waals surface area contributed by atoms with Crippen LogP contribution < -0.4 is 10.0 Å². The van der Waals surface area contributed by atoms with Crippen molar-refractivity contribution in [1.82, 2.24) is 5.32 Å². The Bertz CT molecular complexity index is 860. The van der Waals surface area contributed by atoms with E-state index in [-0.39, 0.29) is 17.6 Å². The third-order valence-corrected chi connectivity index (χ3v) is 4.44. The Morgan fingerprint density at radius 1 is 1.04 bits per heavy atom. The number of carbonyl (C=O) groups is 1. The first kappa shape index (κ1) is 18.0. The highest BCUT2D eigenvalue weighted by Gasteiger charge is 2.16. The topological polar surface area (TPSA) is 75.3 Å². The molecule has 0 spiro atoms. The van der Waals surface area contributed by atoms with Crippen LogP contribution in [0.3, 0.4) is 0 Å². The smallest absolute Gasteiger partial charge is 0.253 e. The fraction of sp³-hybridized carbons (Fsp3) is 0.278. The van der Waals surface area contributed by atoms with Gasteiger partial charge in [-0.1, -0.05) is 30.3 Å². The number of aryl methyl sites for hydroxylation is 2. The lowest BCUT2D eigenvalue weighted by atomic mass is 10.0. The van der Waals surface area contributed by atoms with Crippen LogP contribution in [0.2, 0.25) is 0 Å². The summed E-state index contributed by atoms with van der Waals surface area (Å²) < 4.78 is 25.3. The van der Waals surface area contributed by atoms with Crippen LogP contribution in [0, 0.1) is 13.8 Å². The van der Waals surface area contributed by atoms with E-state index in [1.807, 2.05) is 39.0 Å². The summed E-state index contributed by atoms with van der Waals surface area (Å²) in [6.07, 6.45) is 1.05. The Morgan fingerprint density at radius 2 is 1.71 bits per heavy atom. The monoisotopic (exact) mass is 346 g/mol. The SMILES string of the molecule is Cc1ccc([C@@H](C)NC(=O)c2ccccc2NS(C)(=O)=O)cc1C. The summed E-state index contributed by atoms with van der Waals surface area (Å²) in [5, 5.41) is 2.91. The molecule has 1 atom stereocenters. The Morgan fingerprint density at radius 3 is 2.33 bits per heavy atom. The summed E-state index contributed by atoms with van der Waals surface area (Å²) in [5.41, 5.74) is 3.91. The lowest BCUT2D eigenvalue weighted by Gasteiger charge is -2.17. The number of hydrogen-bond donors (Lipinski definition) is 2. The minimum atomic E-state index is -3.45. The number of para-hydroxylation sites is 1. The van der Waals surface area contributed by atoms with E-state index in [0.29, 0.717) is 5.56 Å². The Labute approximate surface area is 143 Å². The van der Waals surface area contributed by atoms with Crippen molar-refractivity contribution in [2.45, 2.75) is 26.8 Å². The van der Waals surface area contributed by atoms with Crippen molar-refractivity contribution in [2.24, 2.45) is 0 Å². The maximum absolute atomic E-state index is 12.5. The number of anilines is 1. The third kappa shape index (κ3) is 4.58. The fourth-order valence-corrected chi connectivity index (χ4v) is 2.94. The van der Waals surface area contributed by atoms with E-state index in [4.69, 9.17) is 0 Å². The number of sulfonamides is 1. The molecule has 1 amide bonds. The summed E-state index contributed by atoms with van der Waals surface area (Å²) in [6, 6.07) is 12.4. The van der Waals surface area contributed by atoms with Gasteiger partial charge in [0.25, 0.3) is 5.91 Å². The molecule has 6 heteroatoms. The molecule has 0 aromatic heterocycles. The Hall–Kier alpha value is -2.34. The van der Waals surface area contributed by atoms with Crippen molar-refractivity contribution >= 4 is 21.6 Å². The minimum absolute atomic E-state index is 0.192. The number of hydrogen-bond acceptors (Lipinski definition) is 3. The molecule has 0 radical (unpaired) electrons. The van der Waals surface area contributed by atoms with E-state index in [1.54, 1.807) is 24.3 Å². The molecule has 0 saturated heterocycles. The predicted octanol–water partition coefficient (Wildman–Crippen LogP) is 3.17. The molecule has 5 nitrogen and oxygen atoms in total. The van der Waals surface area contributed by atoms with Gasteiger partial charge in [0.2, 0.25) is 10.0 Å². The van der Waals surface area contributed by atoms with E-state index in [0.717, 1.165) is 17.4 Å². The van der Waals surface area contributed by atoms with Gasteiger partial charge in [-0.2, -0.15) is 0 Å². The summed E-state index contributed by atoms with van der Waals surface area (Å²) in [7, 11) is -3.45. The van der Waals surface area contributed by atoms with Crippen molar-refractivity contribution in [1.29, 1.82) is 0 Å². The van der Waals surface area contributed by atoms with Gasteiger partial charge in [0.05, 0.1) is 23.5 Å². The first-order chi connectivity index (χ1) is 11.2. The molecular weight excluding hydrogens is 324 g/mol. The Balaban J connectivity index is 2.22. The number of amides is 1. The van der Waals surface area contributed by atoms with Gasteiger partial charge >= 0.3 is 0 Å². The van der Waals surface area contributed by atoms with E-state index in [2.05, 4.69) is 10.0 Å². The summed E-state index contributed by atoms with van der Waals surface area (Å²) >= 11 is 0. The Kier molecular flexibility index (Phi) is 5.29. The zero-order chi connectivity index (χ0) is 17.9. The first-order valence-electron chi connectivity index (χ1n) is 7.62. The van der Waals surface area contributed by atoms with E-state index in [9.17, 15) is 13.2 Å². The number of carbonyl (C=O) groups excluding carboxylic acids is 1. The molecule has 0 aliphatic carbocycles. The maximum Gasteiger partial charge on any atom is 0.253 e. The van der Waals surface area contributed by atoms with E-state index < -0.39 is 10.0 Å². The zero-order valence-electron chi connectivity index (χ0n) is 14.3. The van der Waals surface area contributed by atoms with Gasteiger partial charge in [-0.05, 0) is 49.6 Å². The van der Waals surface area contributed by atoms with Crippen LogP contribution in [0.1, 0.15) is 40.0 Å². The van der Waals surface area contributed by atoms with Crippen molar-refractivity contribution in [3.8, 4) is 0 Å². The largest absolute Gasteiger partial charge is 0.345 e. The van der Waals surface area contributed by atoms with Crippen LogP contribution in [-0.2, 0) is 10.0 Å². The molecule has 24 heavy (non-hydrogen) atoms. The minimum Gasteiger partial charge on any atom is -0.345 e. The van der Waals surface area contributed by atoms with Gasteiger partial charge in [-0.15, -0.1) is 0 Å². The summed E-state index contributed by atoms with van der Waals surface area (Å²) in [5.74, 6) is -0.326. The molecular formula is C18H22N2O3S. The molecule has 0 aliphatic heterocycles. The van der Waals surface area contributed by atoms with Gasteiger partial charge in [0, 0.05) is 0 Å². The quantitative estimate of drug-likeness (QED) is 0.873. The molecule has 2 rings (SSSR count). The molecule has 2 aromatic rings. The molecule has 0 bridgehead atoms. The highest BCUT2D eigenvalue weighted by Crippen LogP contribution is 2.20. The molecule has 0 saturated carbocycles. The third-order valence-electron chi connectivity index (χ3n) is 3.85. The normalized spacial score (nSPS) is 12.5. The second-order valence-electron chi connectivity index (χ2n) is 5.96. The molecule has 128 valence electrons. The lowest BCUT2D eigenvalue weighted by Crippen LogP contribution is -2.28. The standard InChI is InChI=1S/C18H22N2O3S/c1-12-9-10-15(11-13(12)2)14(3)19-18(21)16-7-5-6-8-17(16)20-24(4,22)23/h5-11,14,20H,1-4H3,(H,19,21)/t14-/m1/s1. The predicted molar refractivity (Wildman–Crippen MR) is 96.7 cm³/mol.